The average molecular weight is 352 g/mol. The van der Waals surface area contributed by atoms with Crippen molar-refractivity contribution in [3.05, 3.63) is 59.7 Å². The van der Waals surface area contributed by atoms with E-state index in [0.717, 1.165) is 70.2 Å². The molecule has 1 atom stereocenters. The maximum atomic E-state index is 5.90. The smallest absolute Gasteiger partial charge is 0.160 e. The molecule has 5 heteroatoms. The molecule has 0 aliphatic carbocycles. The molecular formula is C21H28N4O. The highest BCUT2D eigenvalue weighted by atomic mass is 16.5. The van der Waals surface area contributed by atoms with Gasteiger partial charge in [-0.3, -0.25) is 9.80 Å². The van der Waals surface area contributed by atoms with Crippen LogP contribution in [0.5, 0.6) is 0 Å². The van der Waals surface area contributed by atoms with Crippen LogP contribution in [0, 0.1) is 0 Å². The normalized spacial score (nSPS) is 24.8. The number of piperazine rings is 1. The fourth-order valence-electron chi connectivity index (χ4n) is 3.87. The zero-order chi connectivity index (χ0) is 17.8. The van der Waals surface area contributed by atoms with Crippen molar-refractivity contribution in [1.29, 1.82) is 0 Å². The van der Waals surface area contributed by atoms with Crippen molar-refractivity contribution in [3.8, 4) is 0 Å². The van der Waals surface area contributed by atoms with Gasteiger partial charge >= 0.3 is 0 Å². The van der Waals surface area contributed by atoms with Crippen LogP contribution in [0.4, 0.5) is 0 Å². The van der Waals surface area contributed by atoms with Gasteiger partial charge in [0.2, 0.25) is 0 Å². The molecule has 3 heterocycles. The monoisotopic (exact) mass is 352 g/mol. The molecule has 138 valence electrons. The Balaban J connectivity index is 1.32. The van der Waals surface area contributed by atoms with Crippen LogP contribution in [0.1, 0.15) is 36.8 Å². The second-order valence-corrected chi connectivity index (χ2v) is 7.59. The van der Waals surface area contributed by atoms with Gasteiger partial charge in [-0.2, -0.15) is 0 Å². The van der Waals surface area contributed by atoms with E-state index < -0.39 is 0 Å². The van der Waals surface area contributed by atoms with E-state index in [1.54, 1.807) is 0 Å². The maximum absolute atomic E-state index is 5.90. The maximum Gasteiger partial charge on any atom is 0.160 e. The first-order chi connectivity index (χ1) is 12.7. The number of hydrogen-bond donors (Lipinski definition) is 0. The van der Waals surface area contributed by atoms with E-state index in [9.17, 15) is 0 Å². The summed E-state index contributed by atoms with van der Waals surface area (Å²) in [6, 6.07) is 12.8. The minimum atomic E-state index is -0.301. The minimum absolute atomic E-state index is 0.301. The molecule has 1 aromatic heterocycles. The third kappa shape index (κ3) is 4.11. The standard InChI is InChI=1S/C21H28N4O/c1-21(9-5-15-26-21)20-22-10-8-19(23-20)17-25-13-11-24(12-14-25)16-18-6-3-2-4-7-18/h2-4,6-8,10H,5,9,11-17H2,1H3/t21-/m0/s1. The van der Waals surface area contributed by atoms with Gasteiger partial charge in [-0.15, -0.1) is 0 Å². The van der Waals surface area contributed by atoms with Gasteiger partial charge in [0, 0.05) is 52.1 Å². The zero-order valence-electron chi connectivity index (χ0n) is 15.6. The first kappa shape index (κ1) is 17.6. The van der Waals surface area contributed by atoms with Gasteiger partial charge in [-0.05, 0) is 31.4 Å². The number of nitrogens with zero attached hydrogens (tertiary/aromatic N) is 4. The Labute approximate surface area is 156 Å². The fraction of sp³-hybridized carbons (Fsp3) is 0.524. The van der Waals surface area contributed by atoms with Gasteiger partial charge in [-0.25, -0.2) is 9.97 Å². The van der Waals surface area contributed by atoms with Crippen LogP contribution in [0.2, 0.25) is 0 Å². The Hall–Kier alpha value is -1.82. The topological polar surface area (TPSA) is 41.5 Å². The van der Waals surface area contributed by atoms with E-state index in [0.29, 0.717) is 0 Å². The molecule has 1 aromatic carbocycles. The predicted octanol–water partition coefficient (Wildman–Crippen LogP) is 2.82. The van der Waals surface area contributed by atoms with Crippen LogP contribution < -0.4 is 0 Å². The molecule has 2 fully saturated rings. The number of ether oxygens (including phenoxy) is 1. The molecular weight excluding hydrogens is 324 g/mol. The first-order valence-corrected chi connectivity index (χ1v) is 9.66. The summed E-state index contributed by atoms with van der Waals surface area (Å²) in [5, 5.41) is 0. The van der Waals surface area contributed by atoms with Crippen molar-refractivity contribution in [2.75, 3.05) is 32.8 Å². The second-order valence-electron chi connectivity index (χ2n) is 7.59. The van der Waals surface area contributed by atoms with E-state index in [1.807, 2.05) is 12.3 Å². The Morgan fingerprint density at radius 1 is 1.00 bits per heavy atom. The molecule has 0 saturated carbocycles. The second kappa shape index (κ2) is 7.82. The lowest BCUT2D eigenvalue weighted by atomic mass is 10.0. The molecule has 26 heavy (non-hydrogen) atoms. The van der Waals surface area contributed by atoms with Crippen LogP contribution in [0.15, 0.2) is 42.6 Å². The molecule has 0 unspecified atom stereocenters. The number of rotatable bonds is 5. The third-order valence-corrected chi connectivity index (χ3v) is 5.50. The summed E-state index contributed by atoms with van der Waals surface area (Å²) in [5.41, 5.74) is 2.19. The Morgan fingerprint density at radius 3 is 2.42 bits per heavy atom. The highest BCUT2D eigenvalue weighted by molar-refractivity contribution is 5.14. The van der Waals surface area contributed by atoms with Crippen molar-refractivity contribution in [2.45, 2.75) is 38.5 Å². The summed E-state index contributed by atoms with van der Waals surface area (Å²) in [5.74, 6) is 0.843. The number of aromatic nitrogens is 2. The molecule has 0 spiro atoms. The van der Waals surface area contributed by atoms with Gasteiger partial charge in [0.1, 0.15) is 5.60 Å². The predicted molar refractivity (Wildman–Crippen MR) is 102 cm³/mol. The summed E-state index contributed by atoms with van der Waals surface area (Å²) < 4.78 is 5.90. The van der Waals surface area contributed by atoms with Gasteiger partial charge in [0.15, 0.2) is 5.82 Å². The SMILES string of the molecule is C[C@@]1(c2nccc(CN3CCN(Cc4ccccc4)CC3)n2)CCCO1. The number of hydrogen-bond acceptors (Lipinski definition) is 5. The van der Waals surface area contributed by atoms with Crippen LogP contribution >= 0.6 is 0 Å². The van der Waals surface area contributed by atoms with Crippen molar-refractivity contribution in [2.24, 2.45) is 0 Å². The molecule has 0 N–H and O–H groups in total. The van der Waals surface area contributed by atoms with Gasteiger partial charge in [-0.1, -0.05) is 30.3 Å². The minimum Gasteiger partial charge on any atom is -0.367 e. The Kier molecular flexibility index (Phi) is 5.29. The molecule has 2 aliphatic rings. The van der Waals surface area contributed by atoms with Crippen molar-refractivity contribution in [1.82, 2.24) is 19.8 Å². The van der Waals surface area contributed by atoms with Crippen LogP contribution in [-0.4, -0.2) is 52.6 Å². The van der Waals surface area contributed by atoms with E-state index in [2.05, 4.69) is 52.0 Å². The lowest BCUT2D eigenvalue weighted by molar-refractivity contribution is 0.00895. The fourth-order valence-corrected chi connectivity index (χ4v) is 3.87. The van der Waals surface area contributed by atoms with Gasteiger partial charge in [0.05, 0.1) is 5.69 Å². The van der Waals surface area contributed by atoms with Gasteiger partial charge in [0.25, 0.3) is 0 Å². The summed E-state index contributed by atoms with van der Waals surface area (Å²) in [7, 11) is 0. The van der Waals surface area contributed by atoms with Gasteiger partial charge < -0.3 is 4.74 Å². The van der Waals surface area contributed by atoms with E-state index in [4.69, 9.17) is 9.72 Å². The van der Waals surface area contributed by atoms with E-state index >= 15 is 0 Å². The molecule has 0 amide bonds. The van der Waals surface area contributed by atoms with Crippen molar-refractivity contribution >= 4 is 0 Å². The molecule has 2 aromatic rings. The van der Waals surface area contributed by atoms with Crippen LogP contribution in [0.25, 0.3) is 0 Å². The largest absolute Gasteiger partial charge is 0.367 e. The average Bonchev–Trinajstić information content (AvgIpc) is 3.13. The summed E-state index contributed by atoms with van der Waals surface area (Å²) >= 11 is 0. The molecule has 2 aliphatic heterocycles. The molecule has 0 bridgehead atoms. The zero-order valence-corrected chi connectivity index (χ0v) is 15.6. The number of benzene rings is 1. The lowest BCUT2D eigenvalue weighted by Gasteiger charge is -2.34. The van der Waals surface area contributed by atoms with Crippen LogP contribution in [0.3, 0.4) is 0 Å². The molecule has 4 rings (SSSR count). The molecule has 5 nitrogen and oxygen atoms in total. The molecule has 2 saturated heterocycles. The van der Waals surface area contributed by atoms with Crippen molar-refractivity contribution in [3.63, 3.8) is 0 Å². The molecule has 0 radical (unpaired) electrons. The highest BCUT2D eigenvalue weighted by Crippen LogP contribution is 2.33. The quantitative estimate of drug-likeness (QED) is 0.828. The van der Waals surface area contributed by atoms with Crippen LogP contribution in [-0.2, 0) is 23.4 Å². The summed E-state index contributed by atoms with van der Waals surface area (Å²) in [6.07, 6.45) is 3.98. The lowest BCUT2D eigenvalue weighted by Crippen LogP contribution is -2.45. The van der Waals surface area contributed by atoms with Crippen molar-refractivity contribution < 1.29 is 4.74 Å². The summed E-state index contributed by atoms with van der Waals surface area (Å²) in [4.78, 5) is 14.3. The van der Waals surface area contributed by atoms with E-state index in [1.165, 1.54) is 5.56 Å². The summed E-state index contributed by atoms with van der Waals surface area (Å²) in [6.45, 7) is 9.24. The first-order valence-electron chi connectivity index (χ1n) is 9.66. The third-order valence-electron chi connectivity index (χ3n) is 5.50. The highest BCUT2D eigenvalue weighted by Gasteiger charge is 2.34. The Bertz CT molecular complexity index is 707. The Morgan fingerprint density at radius 2 is 1.73 bits per heavy atom. The van der Waals surface area contributed by atoms with E-state index in [-0.39, 0.29) is 5.60 Å².